The van der Waals surface area contributed by atoms with Gasteiger partial charge in [-0.15, -0.1) is 0 Å². The molecule has 5 heteroatoms. The molecule has 1 aliphatic heterocycles. The van der Waals surface area contributed by atoms with Gasteiger partial charge in [-0.1, -0.05) is 6.07 Å². The molecular formula is C14H17NO4. The molecule has 1 saturated heterocycles. The predicted molar refractivity (Wildman–Crippen MR) is 70.1 cm³/mol. The zero-order valence-electron chi connectivity index (χ0n) is 11.0. The largest absolute Gasteiger partial charge is 0.479 e. The summed E-state index contributed by atoms with van der Waals surface area (Å²) in [6.07, 6.45) is -0.731. The van der Waals surface area contributed by atoms with Crippen molar-refractivity contribution < 1.29 is 19.4 Å². The molecular weight excluding hydrogens is 246 g/mol. The number of rotatable bonds is 3. The molecule has 0 radical (unpaired) electrons. The second-order valence-corrected chi connectivity index (χ2v) is 4.89. The monoisotopic (exact) mass is 263 g/mol. The molecule has 0 aromatic heterocycles. The minimum absolute atomic E-state index is 0.284. The second kappa shape index (κ2) is 5.40. The van der Waals surface area contributed by atoms with E-state index in [2.05, 4.69) is 5.32 Å². The second-order valence-electron chi connectivity index (χ2n) is 4.89. The van der Waals surface area contributed by atoms with Gasteiger partial charge in [0.25, 0.3) is 5.91 Å². The van der Waals surface area contributed by atoms with Crippen LogP contribution >= 0.6 is 0 Å². The number of carboxylic acid groups (broad SMARTS) is 1. The molecule has 2 rings (SSSR count). The van der Waals surface area contributed by atoms with Crippen molar-refractivity contribution in [2.24, 2.45) is 0 Å². The van der Waals surface area contributed by atoms with E-state index in [1.807, 2.05) is 32.0 Å². The van der Waals surface area contributed by atoms with E-state index in [0.717, 1.165) is 11.1 Å². The molecule has 19 heavy (non-hydrogen) atoms. The fraction of sp³-hybridized carbons (Fsp3) is 0.429. The van der Waals surface area contributed by atoms with Crippen molar-refractivity contribution in [1.82, 2.24) is 0 Å². The Morgan fingerprint density at radius 3 is 2.26 bits per heavy atom. The van der Waals surface area contributed by atoms with Crippen LogP contribution in [0.4, 0.5) is 5.69 Å². The Labute approximate surface area is 111 Å². The average Bonchev–Trinajstić information content (AvgIpc) is 2.76. The molecule has 1 aliphatic rings. The summed E-state index contributed by atoms with van der Waals surface area (Å²) in [5.41, 5.74) is 2.84. The van der Waals surface area contributed by atoms with Gasteiger partial charge in [0.1, 0.15) is 6.10 Å². The molecule has 102 valence electrons. The van der Waals surface area contributed by atoms with Gasteiger partial charge in [0, 0.05) is 5.69 Å². The zero-order valence-corrected chi connectivity index (χ0v) is 11.0. The number of nitrogens with one attached hydrogen (secondary N) is 1. The van der Waals surface area contributed by atoms with Gasteiger partial charge in [-0.3, -0.25) is 4.79 Å². The molecule has 0 aliphatic carbocycles. The summed E-state index contributed by atoms with van der Waals surface area (Å²) in [5.74, 6) is -1.30. The maximum atomic E-state index is 12.0. The normalized spacial score (nSPS) is 22.2. The van der Waals surface area contributed by atoms with Gasteiger partial charge < -0.3 is 15.2 Å². The molecule has 1 aromatic rings. The fourth-order valence-corrected chi connectivity index (χ4v) is 2.28. The maximum absolute atomic E-state index is 12.0. The highest BCUT2D eigenvalue weighted by Crippen LogP contribution is 2.22. The molecule has 1 aromatic carbocycles. The number of carboxylic acids is 1. The first kappa shape index (κ1) is 13.5. The van der Waals surface area contributed by atoms with Crippen molar-refractivity contribution in [3.63, 3.8) is 0 Å². The first-order chi connectivity index (χ1) is 8.95. The average molecular weight is 263 g/mol. The van der Waals surface area contributed by atoms with Gasteiger partial charge in [0.15, 0.2) is 6.10 Å². The number of aryl methyl sites for hydroxylation is 2. The predicted octanol–water partition coefficient (Wildman–Crippen LogP) is 1.87. The first-order valence-electron chi connectivity index (χ1n) is 6.23. The van der Waals surface area contributed by atoms with Crippen molar-refractivity contribution in [3.05, 3.63) is 29.3 Å². The molecule has 1 heterocycles. The van der Waals surface area contributed by atoms with Crippen LogP contribution in [0.5, 0.6) is 0 Å². The fourth-order valence-electron chi connectivity index (χ4n) is 2.28. The standard InChI is InChI=1S/C14H17NO4/c1-8-5-9(2)7-10(6-8)15-13(16)11-3-4-12(19-11)14(17)18/h5-7,11-12H,3-4H2,1-2H3,(H,15,16)(H,17,18)/t11-,12+/m0/s1. The number of carbonyl (C=O) groups excluding carboxylic acids is 1. The molecule has 0 bridgehead atoms. The van der Waals surface area contributed by atoms with Gasteiger partial charge in [0.2, 0.25) is 0 Å². The van der Waals surface area contributed by atoms with Crippen molar-refractivity contribution in [2.75, 3.05) is 5.32 Å². The minimum Gasteiger partial charge on any atom is -0.479 e. The number of benzene rings is 1. The molecule has 1 amide bonds. The lowest BCUT2D eigenvalue weighted by atomic mass is 10.1. The summed E-state index contributed by atoms with van der Waals surface area (Å²) in [6, 6.07) is 5.76. The van der Waals surface area contributed by atoms with E-state index in [1.54, 1.807) is 0 Å². The van der Waals surface area contributed by atoms with Crippen LogP contribution in [0.3, 0.4) is 0 Å². The Morgan fingerprint density at radius 1 is 1.16 bits per heavy atom. The minimum atomic E-state index is -1.01. The summed E-state index contributed by atoms with van der Waals surface area (Å²) >= 11 is 0. The third-order valence-electron chi connectivity index (χ3n) is 3.08. The van der Waals surface area contributed by atoms with Gasteiger partial charge in [-0.05, 0) is 49.9 Å². The topological polar surface area (TPSA) is 75.6 Å². The molecule has 0 unspecified atom stereocenters. The van der Waals surface area contributed by atoms with E-state index in [9.17, 15) is 9.59 Å². The Bertz CT molecular complexity index is 492. The van der Waals surface area contributed by atoms with E-state index < -0.39 is 18.2 Å². The van der Waals surface area contributed by atoms with E-state index in [1.165, 1.54) is 0 Å². The molecule has 2 atom stereocenters. The Balaban J connectivity index is 2.00. The van der Waals surface area contributed by atoms with Crippen molar-refractivity contribution >= 4 is 17.6 Å². The lowest BCUT2D eigenvalue weighted by Crippen LogP contribution is -2.29. The van der Waals surface area contributed by atoms with Gasteiger partial charge in [0.05, 0.1) is 0 Å². The highest BCUT2D eigenvalue weighted by atomic mass is 16.5. The van der Waals surface area contributed by atoms with Crippen molar-refractivity contribution in [1.29, 1.82) is 0 Å². The molecule has 2 N–H and O–H groups in total. The van der Waals surface area contributed by atoms with Crippen LogP contribution in [0.2, 0.25) is 0 Å². The number of anilines is 1. The molecule has 5 nitrogen and oxygen atoms in total. The smallest absolute Gasteiger partial charge is 0.332 e. The highest BCUT2D eigenvalue weighted by molar-refractivity contribution is 5.94. The van der Waals surface area contributed by atoms with E-state index in [4.69, 9.17) is 9.84 Å². The number of ether oxygens (including phenoxy) is 1. The van der Waals surface area contributed by atoms with Crippen LogP contribution in [0, 0.1) is 13.8 Å². The summed E-state index contributed by atoms with van der Waals surface area (Å²) in [4.78, 5) is 22.7. The van der Waals surface area contributed by atoms with Crippen LogP contribution in [0.1, 0.15) is 24.0 Å². The zero-order chi connectivity index (χ0) is 14.0. The van der Waals surface area contributed by atoms with E-state index in [-0.39, 0.29) is 5.91 Å². The third-order valence-corrected chi connectivity index (χ3v) is 3.08. The maximum Gasteiger partial charge on any atom is 0.332 e. The number of carbonyl (C=O) groups is 2. The lowest BCUT2D eigenvalue weighted by Gasteiger charge is -2.12. The summed E-state index contributed by atoms with van der Waals surface area (Å²) < 4.78 is 5.21. The third kappa shape index (κ3) is 3.32. The Hall–Kier alpha value is -1.88. The number of amides is 1. The van der Waals surface area contributed by atoms with E-state index >= 15 is 0 Å². The number of hydrogen-bond acceptors (Lipinski definition) is 3. The van der Waals surface area contributed by atoms with Gasteiger partial charge >= 0.3 is 5.97 Å². The van der Waals surface area contributed by atoms with Crippen molar-refractivity contribution in [3.8, 4) is 0 Å². The Morgan fingerprint density at radius 2 is 1.74 bits per heavy atom. The van der Waals surface area contributed by atoms with Crippen LogP contribution in [0.25, 0.3) is 0 Å². The highest BCUT2D eigenvalue weighted by Gasteiger charge is 2.34. The quantitative estimate of drug-likeness (QED) is 0.873. The number of hydrogen-bond donors (Lipinski definition) is 2. The van der Waals surface area contributed by atoms with Crippen LogP contribution in [0.15, 0.2) is 18.2 Å². The summed E-state index contributed by atoms with van der Waals surface area (Å²) in [5, 5.41) is 11.6. The first-order valence-corrected chi connectivity index (χ1v) is 6.23. The van der Waals surface area contributed by atoms with Crippen LogP contribution in [-0.4, -0.2) is 29.2 Å². The van der Waals surface area contributed by atoms with Gasteiger partial charge in [-0.25, -0.2) is 4.79 Å². The van der Waals surface area contributed by atoms with E-state index in [0.29, 0.717) is 18.5 Å². The summed E-state index contributed by atoms with van der Waals surface area (Å²) in [7, 11) is 0. The van der Waals surface area contributed by atoms with Crippen LogP contribution < -0.4 is 5.32 Å². The van der Waals surface area contributed by atoms with Gasteiger partial charge in [-0.2, -0.15) is 0 Å². The van der Waals surface area contributed by atoms with Crippen LogP contribution in [-0.2, 0) is 14.3 Å². The van der Waals surface area contributed by atoms with Crippen molar-refractivity contribution in [2.45, 2.75) is 38.9 Å². The Kier molecular flexibility index (Phi) is 3.85. The molecule has 0 saturated carbocycles. The lowest BCUT2D eigenvalue weighted by molar-refractivity contribution is -0.150. The SMILES string of the molecule is Cc1cc(C)cc(NC(=O)[C@@H]2CC[C@H](C(=O)O)O2)c1. The molecule has 1 fully saturated rings. The summed E-state index contributed by atoms with van der Waals surface area (Å²) in [6.45, 7) is 3.91. The number of aliphatic carboxylic acids is 1. The molecule has 0 spiro atoms.